The minimum absolute atomic E-state index is 0.0846. The number of nitrogens with zero attached hydrogens (tertiary/aromatic N) is 1. The minimum atomic E-state index is -1.04. The third-order valence-corrected chi connectivity index (χ3v) is 4.44. The highest BCUT2D eigenvalue weighted by Crippen LogP contribution is 2.54. The monoisotopic (exact) mass is 253 g/mol. The van der Waals surface area contributed by atoms with Crippen molar-refractivity contribution in [2.24, 2.45) is 5.41 Å². The van der Waals surface area contributed by atoms with Crippen LogP contribution in [0, 0.1) is 16.7 Å². The highest BCUT2D eigenvalue weighted by molar-refractivity contribution is 5.87. The predicted octanol–water partition coefficient (Wildman–Crippen LogP) is 3.33. The number of fused-ring (bicyclic) bond motifs is 3. The molecule has 0 aromatic heterocycles. The van der Waals surface area contributed by atoms with E-state index in [1.54, 1.807) is 6.07 Å². The molecular formula is C16H15NO2. The van der Waals surface area contributed by atoms with Crippen LogP contribution in [-0.2, 0) is 4.79 Å². The summed E-state index contributed by atoms with van der Waals surface area (Å²) < 4.78 is 5.40. The average molecular weight is 253 g/mol. The predicted molar refractivity (Wildman–Crippen MR) is 70.5 cm³/mol. The van der Waals surface area contributed by atoms with Gasteiger partial charge in [0, 0.05) is 11.5 Å². The number of ether oxygens (including phenoxy) is 1. The summed E-state index contributed by atoms with van der Waals surface area (Å²) in [5.74, 6) is 0.125. The highest BCUT2D eigenvalue weighted by Gasteiger charge is 2.54. The number of benzene rings is 1. The fourth-order valence-electron chi connectivity index (χ4n) is 3.15. The zero-order valence-electron chi connectivity index (χ0n) is 11.1. The van der Waals surface area contributed by atoms with Gasteiger partial charge in [-0.05, 0) is 32.8 Å². The van der Waals surface area contributed by atoms with E-state index in [-0.39, 0.29) is 5.92 Å². The summed E-state index contributed by atoms with van der Waals surface area (Å²) in [7, 11) is 0. The zero-order valence-corrected chi connectivity index (χ0v) is 11.1. The lowest BCUT2D eigenvalue weighted by Gasteiger charge is -2.41. The molecule has 3 rings (SSSR count). The second-order valence-electron chi connectivity index (χ2n) is 5.50. The Morgan fingerprint density at radius 1 is 1.32 bits per heavy atom. The molecule has 1 aromatic rings. The molecule has 0 spiro atoms. The average Bonchev–Trinajstić information content (AvgIpc) is 2.41. The number of esters is 1. The number of rotatable bonds is 0. The molecule has 1 aliphatic carbocycles. The molecule has 0 N–H and O–H groups in total. The highest BCUT2D eigenvalue weighted by atomic mass is 16.5. The van der Waals surface area contributed by atoms with Crippen LogP contribution in [0.25, 0.3) is 0 Å². The van der Waals surface area contributed by atoms with E-state index < -0.39 is 11.4 Å². The lowest BCUT2D eigenvalue weighted by Crippen LogP contribution is -2.44. The van der Waals surface area contributed by atoms with Crippen molar-refractivity contribution < 1.29 is 9.53 Å². The summed E-state index contributed by atoms with van der Waals surface area (Å²) in [6.45, 7) is 4.08. The van der Waals surface area contributed by atoms with Gasteiger partial charge in [0.05, 0.1) is 6.07 Å². The molecule has 0 bridgehead atoms. The quantitative estimate of drug-likeness (QED) is 0.405. The third-order valence-electron chi connectivity index (χ3n) is 4.44. The van der Waals surface area contributed by atoms with Crippen molar-refractivity contribution >= 4 is 5.97 Å². The number of para-hydroxylation sites is 1. The Kier molecular flexibility index (Phi) is 2.50. The Labute approximate surface area is 112 Å². The van der Waals surface area contributed by atoms with Crippen molar-refractivity contribution in [3.8, 4) is 11.8 Å². The van der Waals surface area contributed by atoms with Gasteiger partial charge in [0.15, 0.2) is 5.41 Å². The molecule has 0 radical (unpaired) electrons. The molecule has 96 valence electrons. The van der Waals surface area contributed by atoms with Gasteiger partial charge in [-0.3, -0.25) is 0 Å². The molecule has 2 atom stereocenters. The second kappa shape index (κ2) is 3.96. The van der Waals surface area contributed by atoms with Gasteiger partial charge in [-0.2, -0.15) is 5.26 Å². The van der Waals surface area contributed by atoms with Crippen LogP contribution in [0.2, 0.25) is 0 Å². The molecule has 3 nitrogen and oxygen atoms in total. The van der Waals surface area contributed by atoms with Crippen molar-refractivity contribution in [1.82, 2.24) is 0 Å². The van der Waals surface area contributed by atoms with Gasteiger partial charge in [0.1, 0.15) is 5.75 Å². The maximum Gasteiger partial charge on any atom is 0.332 e. The van der Waals surface area contributed by atoms with Crippen molar-refractivity contribution in [3.05, 3.63) is 41.0 Å². The molecule has 19 heavy (non-hydrogen) atoms. The van der Waals surface area contributed by atoms with Crippen molar-refractivity contribution in [1.29, 1.82) is 5.26 Å². The number of carbonyl (C=O) groups is 1. The Morgan fingerprint density at radius 3 is 2.79 bits per heavy atom. The first-order chi connectivity index (χ1) is 9.08. The van der Waals surface area contributed by atoms with E-state index in [0.717, 1.165) is 17.6 Å². The van der Waals surface area contributed by atoms with Gasteiger partial charge >= 0.3 is 5.97 Å². The number of nitriles is 1. The van der Waals surface area contributed by atoms with Crippen molar-refractivity contribution in [3.63, 3.8) is 0 Å². The number of hydrogen-bond acceptors (Lipinski definition) is 3. The van der Waals surface area contributed by atoms with E-state index in [2.05, 4.69) is 13.0 Å². The maximum atomic E-state index is 12.3. The number of hydrogen-bond donors (Lipinski definition) is 0. The van der Waals surface area contributed by atoms with Gasteiger partial charge in [0.25, 0.3) is 0 Å². The summed E-state index contributed by atoms with van der Waals surface area (Å²) in [6.07, 6.45) is 1.23. The maximum absolute atomic E-state index is 12.3. The summed E-state index contributed by atoms with van der Waals surface area (Å²) in [5, 5.41) is 9.60. The Balaban J connectivity index is 2.22. The van der Waals surface area contributed by atoms with Crippen LogP contribution < -0.4 is 4.74 Å². The van der Waals surface area contributed by atoms with Gasteiger partial charge in [-0.25, -0.2) is 4.79 Å². The summed E-state index contributed by atoms with van der Waals surface area (Å²) in [4.78, 5) is 12.3. The first-order valence-electron chi connectivity index (χ1n) is 6.46. The van der Waals surface area contributed by atoms with Crippen molar-refractivity contribution in [2.75, 3.05) is 0 Å². The molecule has 1 aliphatic heterocycles. The first-order valence-corrected chi connectivity index (χ1v) is 6.46. The van der Waals surface area contributed by atoms with Crippen molar-refractivity contribution in [2.45, 2.75) is 32.6 Å². The molecule has 0 fully saturated rings. The normalized spacial score (nSPS) is 29.1. The van der Waals surface area contributed by atoms with E-state index >= 15 is 0 Å². The molecule has 0 unspecified atom stereocenters. The number of allylic oxidation sites excluding steroid dienone is 2. The third kappa shape index (κ3) is 1.53. The van der Waals surface area contributed by atoms with Crippen LogP contribution in [-0.4, -0.2) is 5.97 Å². The van der Waals surface area contributed by atoms with Crippen LogP contribution in [0.15, 0.2) is 35.4 Å². The zero-order chi connectivity index (χ0) is 13.6. The summed E-state index contributed by atoms with van der Waals surface area (Å²) in [6, 6.07) is 9.80. The molecule has 3 heteroatoms. The van der Waals surface area contributed by atoms with E-state index in [1.807, 2.05) is 25.1 Å². The SMILES string of the molecule is CC1=C(C)C[C@]2(C#N)C(=O)Oc3ccccc3[C@@H]2C1. The van der Waals surface area contributed by atoms with Gasteiger partial charge in [0.2, 0.25) is 0 Å². The summed E-state index contributed by atoms with van der Waals surface area (Å²) in [5.41, 5.74) is 2.35. The Morgan fingerprint density at radius 2 is 2.05 bits per heavy atom. The van der Waals surface area contributed by atoms with Gasteiger partial charge in [-0.15, -0.1) is 0 Å². The van der Waals surface area contributed by atoms with E-state index in [9.17, 15) is 10.1 Å². The van der Waals surface area contributed by atoms with Gasteiger partial charge < -0.3 is 4.74 Å². The lowest BCUT2D eigenvalue weighted by molar-refractivity contribution is -0.146. The smallest absolute Gasteiger partial charge is 0.332 e. The molecular weight excluding hydrogens is 238 g/mol. The van der Waals surface area contributed by atoms with Crippen LogP contribution in [0.4, 0.5) is 0 Å². The van der Waals surface area contributed by atoms with Crippen LogP contribution in [0.1, 0.15) is 38.2 Å². The molecule has 1 heterocycles. The molecule has 0 amide bonds. The van der Waals surface area contributed by atoms with Gasteiger partial charge in [-0.1, -0.05) is 29.3 Å². The fraction of sp³-hybridized carbons (Fsp3) is 0.375. The fourth-order valence-corrected chi connectivity index (χ4v) is 3.15. The summed E-state index contributed by atoms with van der Waals surface area (Å²) >= 11 is 0. The van der Waals surface area contributed by atoms with E-state index in [1.165, 1.54) is 5.57 Å². The van der Waals surface area contributed by atoms with Crippen LogP contribution >= 0.6 is 0 Å². The lowest BCUT2D eigenvalue weighted by atomic mass is 9.62. The largest absolute Gasteiger partial charge is 0.425 e. The molecule has 0 saturated carbocycles. The topological polar surface area (TPSA) is 50.1 Å². The molecule has 0 saturated heterocycles. The first kappa shape index (κ1) is 12.0. The minimum Gasteiger partial charge on any atom is -0.425 e. The van der Waals surface area contributed by atoms with E-state index in [0.29, 0.717) is 12.2 Å². The Hall–Kier alpha value is -2.08. The second-order valence-corrected chi connectivity index (χ2v) is 5.50. The standard InChI is InChI=1S/C16H15NO2/c1-10-7-13-12-5-3-4-6-14(12)19-15(18)16(13,9-17)8-11(10)2/h3-6,13H,7-8H2,1-2H3/t13-,16+/m0/s1. The Bertz CT molecular complexity index is 638. The van der Waals surface area contributed by atoms with Crippen LogP contribution in [0.3, 0.4) is 0 Å². The number of carbonyl (C=O) groups excluding carboxylic acids is 1. The molecule has 1 aromatic carbocycles. The van der Waals surface area contributed by atoms with Crippen LogP contribution in [0.5, 0.6) is 5.75 Å². The molecule has 2 aliphatic rings. The van der Waals surface area contributed by atoms with E-state index in [4.69, 9.17) is 4.74 Å².